The molecule has 2 aromatic heterocycles. The minimum atomic E-state index is -0.514. The van der Waals surface area contributed by atoms with E-state index in [2.05, 4.69) is 44.7 Å². The van der Waals surface area contributed by atoms with Crippen LogP contribution in [0.15, 0.2) is 60.9 Å². The molecular formula is C28H34N6O2. The summed E-state index contributed by atoms with van der Waals surface area (Å²) < 4.78 is 0. The van der Waals surface area contributed by atoms with Crippen molar-refractivity contribution in [1.29, 1.82) is 0 Å². The van der Waals surface area contributed by atoms with Crippen LogP contribution >= 0.6 is 0 Å². The Hall–Kier alpha value is -3.52. The summed E-state index contributed by atoms with van der Waals surface area (Å²) in [7, 11) is 0. The van der Waals surface area contributed by atoms with Crippen molar-refractivity contribution in [2.45, 2.75) is 49.5 Å². The van der Waals surface area contributed by atoms with E-state index in [4.69, 9.17) is 10.7 Å². The number of allylic oxidation sites excluding steroid dienone is 4. The Kier molecular flexibility index (Phi) is 7.13. The minimum absolute atomic E-state index is 0.114. The van der Waals surface area contributed by atoms with Crippen LogP contribution in [0.1, 0.15) is 61.0 Å². The van der Waals surface area contributed by atoms with Crippen LogP contribution in [0.3, 0.4) is 0 Å². The highest BCUT2D eigenvalue weighted by atomic mass is 16.1. The topological polar surface area (TPSA) is 117 Å². The number of carbonyl (C=O) groups is 2. The first-order valence-electron chi connectivity index (χ1n) is 12.8. The van der Waals surface area contributed by atoms with Gasteiger partial charge in [-0.1, -0.05) is 36.4 Å². The molecule has 1 amide bonds. The van der Waals surface area contributed by atoms with E-state index in [-0.39, 0.29) is 12.0 Å². The van der Waals surface area contributed by atoms with Crippen LogP contribution in [-0.2, 0) is 15.0 Å². The molecule has 4 N–H and O–H groups in total. The molecule has 0 bridgehead atoms. The van der Waals surface area contributed by atoms with Crippen LogP contribution in [0.2, 0.25) is 0 Å². The molecule has 5 rings (SSSR count). The Bertz CT molecular complexity index is 1180. The van der Waals surface area contributed by atoms with Crippen molar-refractivity contribution >= 4 is 18.0 Å². The first-order chi connectivity index (χ1) is 17.6. The van der Waals surface area contributed by atoms with Gasteiger partial charge in [-0.2, -0.15) is 5.10 Å². The number of rotatable bonds is 11. The molecule has 36 heavy (non-hydrogen) atoms. The number of nitrogens with two attached hydrogens (primary N) is 1. The molecular weight excluding hydrogens is 452 g/mol. The number of anilines is 1. The molecule has 1 saturated carbocycles. The number of H-pyrrole nitrogens is 1. The van der Waals surface area contributed by atoms with E-state index >= 15 is 0 Å². The van der Waals surface area contributed by atoms with Crippen molar-refractivity contribution in [3.8, 4) is 0 Å². The van der Waals surface area contributed by atoms with Crippen molar-refractivity contribution < 1.29 is 9.59 Å². The smallest absolute Gasteiger partial charge is 0.241 e. The fraction of sp³-hybridized carbons (Fsp3) is 0.429. The molecule has 8 nitrogen and oxygen atoms in total. The predicted molar refractivity (Wildman–Crippen MR) is 139 cm³/mol. The summed E-state index contributed by atoms with van der Waals surface area (Å²) in [5.41, 5.74) is 8.02. The number of hydrogen-bond acceptors (Lipinski definition) is 6. The SMILES string of the molecule is NC(=O)C=CCN1CCCC1c1ncccc1C1(C(C=O)CNc2cc(C3CC3)[nH]n2)C=CC=CC1. The number of nitrogens with one attached hydrogen (secondary N) is 2. The molecule has 1 saturated heterocycles. The van der Waals surface area contributed by atoms with Gasteiger partial charge in [0, 0.05) is 48.3 Å². The first-order valence-corrected chi connectivity index (χ1v) is 12.8. The molecule has 3 unspecified atom stereocenters. The number of likely N-dealkylation sites (tertiary alicyclic amines) is 1. The molecule has 0 aromatic carbocycles. The summed E-state index contributed by atoms with van der Waals surface area (Å²) in [5.74, 6) is 0.624. The van der Waals surface area contributed by atoms with Crippen LogP contribution in [-0.4, -0.2) is 51.9 Å². The van der Waals surface area contributed by atoms with E-state index in [9.17, 15) is 9.59 Å². The fourth-order valence-corrected chi connectivity index (χ4v) is 5.64. The van der Waals surface area contributed by atoms with Crippen molar-refractivity contribution in [2.75, 3.05) is 25.0 Å². The largest absolute Gasteiger partial charge is 0.368 e. The van der Waals surface area contributed by atoms with Crippen molar-refractivity contribution in [1.82, 2.24) is 20.1 Å². The van der Waals surface area contributed by atoms with Crippen molar-refractivity contribution in [3.63, 3.8) is 0 Å². The zero-order valence-corrected chi connectivity index (χ0v) is 20.5. The molecule has 2 aliphatic carbocycles. The molecule has 2 aromatic rings. The van der Waals surface area contributed by atoms with Gasteiger partial charge in [-0.3, -0.25) is 19.8 Å². The van der Waals surface area contributed by atoms with Crippen LogP contribution in [0.4, 0.5) is 5.82 Å². The molecule has 8 heteroatoms. The number of hydrogen-bond donors (Lipinski definition) is 3. The quantitative estimate of drug-likeness (QED) is 0.330. The van der Waals surface area contributed by atoms with Crippen LogP contribution in [0, 0.1) is 5.92 Å². The van der Waals surface area contributed by atoms with Gasteiger partial charge in [0.1, 0.15) is 12.1 Å². The molecule has 0 spiro atoms. The van der Waals surface area contributed by atoms with E-state index in [1.54, 1.807) is 0 Å². The molecule has 1 aliphatic heterocycles. The summed E-state index contributed by atoms with van der Waals surface area (Å²) >= 11 is 0. The third-order valence-electron chi connectivity index (χ3n) is 7.68. The number of aromatic amines is 1. The number of aromatic nitrogens is 3. The van der Waals surface area contributed by atoms with E-state index in [1.165, 1.54) is 18.9 Å². The summed E-state index contributed by atoms with van der Waals surface area (Å²) in [5, 5.41) is 11.0. The van der Waals surface area contributed by atoms with Crippen molar-refractivity contribution in [3.05, 3.63) is 77.8 Å². The van der Waals surface area contributed by atoms with E-state index in [0.29, 0.717) is 19.0 Å². The predicted octanol–water partition coefficient (Wildman–Crippen LogP) is 3.54. The van der Waals surface area contributed by atoms with E-state index in [1.807, 2.05) is 30.5 Å². The summed E-state index contributed by atoms with van der Waals surface area (Å²) in [4.78, 5) is 31.0. The van der Waals surface area contributed by atoms with Crippen LogP contribution < -0.4 is 11.1 Å². The van der Waals surface area contributed by atoms with Gasteiger partial charge in [-0.25, -0.2) is 0 Å². The fourth-order valence-electron chi connectivity index (χ4n) is 5.64. The first kappa shape index (κ1) is 24.2. The van der Waals surface area contributed by atoms with E-state index < -0.39 is 11.3 Å². The second-order valence-corrected chi connectivity index (χ2v) is 10.0. The molecule has 3 atom stereocenters. The highest BCUT2D eigenvalue weighted by Gasteiger charge is 2.42. The van der Waals surface area contributed by atoms with Gasteiger partial charge in [0.25, 0.3) is 0 Å². The van der Waals surface area contributed by atoms with Gasteiger partial charge in [0.15, 0.2) is 0 Å². The lowest BCUT2D eigenvalue weighted by Gasteiger charge is -2.39. The Morgan fingerprint density at radius 3 is 2.97 bits per heavy atom. The lowest BCUT2D eigenvalue weighted by atomic mass is 9.65. The summed E-state index contributed by atoms with van der Waals surface area (Å²) in [6.45, 7) is 2.03. The Morgan fingerprint density at radius 1 is 1.33 bits per heavy atom. The van der Waals surface area contributed by atoms with Crippen LogP contribution in [0.25, 0.3) is 0 Å². The van der Waals surface area contributed by atoms with Gasteiger partial charge in [-0.15, -0.1) is 0 Å². The lowest BCUT2D eigenvalue weighted by Crippen LogP contribution is -2.41. The number of amides is 1. The van der Waals surface area contributed by atoms with E-state index in [0.717, 1.165) is 54.9 Å². The van der Waals surface area contributed by atoms with Gasteiger partial charge in [0.2, 0.25) is 5.91 Å². The molecule has 3 heterocycles. The second kappa shape index (κ2) is 10.6. The maximum absolute atomic E-state index is 12.6. The molecule has 2 fully saturated rings. The maximum atomic E-state index is 12.6. The normalized spacial score (nSPS) is 24.8. The average Bonchev–Trinajstić information content (AvgIpc) is 3.45. The molecule has 3 aliphatic rings. The number of pyridine rings is 1. The number of nitrogens with zero attached hydrogens (tertiary/aromatic N) is 3. The Labute approximate surface area is 211 Å². The van der Waals surface area contributed by atoms with Gasteiger partial charge in [0.05, 0.1) is 11.7 Å². The standard InChI is InChI=1S/C28H34N6O2/c29-25(36)9-6-16-34-15-5-8-24(34)27-22(7-4-14-30-27)28(12-2-1-3-13-28)21(19-35)18-31-26-17-23(32-33-26)20-10-11-20/h1-4,6-7,9,12,14,17,19-21,24H,5,8,10-11,13,15-16,18H2,(H2,29,36)(H2,31,32,33). The van der Waals surface area contributed by atoms with Crippen molar-refractivity contribution in [2.24, 2.45) is 11.7 Å². The number of primary amides is 1. The summed E-state index contributed by atoms with van der Waals surface area (Å²) in [6.07, 6.45) is 19.7. The van der Waals surface area contributed by atoms with Gasteiger partial charge >= 0.3 is 0 Å². The average molecular weight is 487 g/mol. The lowest BCUT2D eigenvalue weighted by molar-refractivity contribution is -0.114. The highest BCUT2D eigenvalue weighted by molar-refractivity contribution is 5.85. The maximum Gasteiger partial charge on any atom is 0.241 e. The monoisotopic (exact) mass is 486 g/mol. The minimum Gasteiger partial charge on any atom is -0.368 e. The third-order valence-corrected chi connectivity index (χ3v) is 7.68. The summed E-state index contributed by atoms with van der Waals surface area (Å²) in [6, 6.07) is 6.26. The Balaban J connectivity index is 1.43. The van der Waals surface area contributed by atoms with Gasteiger partial charge < -0.3 is 15.8 Å². The third kappa shape index (κ3) is 5.04. The zero-order valence-electron chi connectivity index (χ0n) is 20.5. The number of aldehydes is 1. The van der Waals surface area contributed by atoms with Crippen LogP contribution in [0.5, 0.6) is 0 Å². The zero-order chi connectivity index (χ0) is 25.0. The highest BCUT2D eigenvalue weighted by Crippen LogP contribution is 2.44. The number of carbonyl (C=O) groups excluding carboxylic acids is 2. The Morgan fingerprint density at radius 2 is 2.22 bits per heavy atom. The molecule has 188 valence electrons. The van der Waals surface area contributed by atoms with Gasteiger partial charge in [-0.05, 0) is 56.4 Å². The second-order valence-electron chi connectivity index (χ2n) is 10.0. The molecule has 0 radical (unpaired) electrons.